The van der Waals surface area contributed by atoms with Gasteiger partial charge in [-0.05, 0) is 24.8 Å². The van der Waals surface area contributed by atoms with Gasteiger partial charge in [0.05, 0.1) is 6.61 Å². The van der Waals surface area contributed by atoms with Gasteiger partial charge in [-0.15, -0.1) is 0 Å². The van der Waals surface area contributed by atoms with Crippen LogP contribution in [-0.2, 0) is 16.1 Å². The summed E-state index contributed by atoms with van der Waals surface area (Å²) in [5.74, 6) is 0.817. The van der Waals surface area contributed by atoms with Gasteiger partial charge in [0.15, 0.2) is 0 Å². The zero-order valence-corrected chi connectivity index (χ0v) is 12.3. The van der Waals surface area contributed by atoms with Crippen LogP contribution in [0.2, 0.25) is 0 Å². The lowest BCUT2D eigenvalue weighted by molar-refractivity contribution is -0.144. The monoisotopic (exact) mass is 278 g/mol. The Morgan fingerprint density at radius 1 is 1.25 bits per heavy atom. The van der Waals surface area contributed by atoms with Gasteiger partial charge in [0, 0.05) is 31.8 Å². The molecule has 0 amide bonds. The number of nitrogens with zero attached hydrogens (tertiary/aromatic N) is 2. The quantitative estimate of drug-likeness (QED) is 0.539. The lowest BCUT2D eigenvalue weighted by Crippen LogP contribution is -2.10. The third-order valence-corrected chi connectivity index (χ3v) is 4.07. The minimum atomic E-state index is -0.0405. The molecule has 4 heteroatoms. The highest BCUT2D eigenvalue weighted by molar-refractivity contribution is 5.69. The minimum absolute atomic E-state index is 0.0405. The summed E-state index contributed by atoms with van der Waals surface area (Å²) in [6, 6.07) is 1.90. The second kappa shape index (κ2) is 8.77. The van der Waals surface area contributed by atoms with E-state index in [1.54, 1.807) is 6.20 Å². The van der Waals surface area contributed by atoms with Crippen LogP contribution in [0.15, 0.2) is 18.5 Å². The van der Waals surface area contributed by atoms with Gasteiger partial charge in [-0.2, -0.15) is 5.10 Å². The third kappa shape index (κ3) is 5.76. The molecule has 1 aliphatic carbocycles. The molecule has 0 unspecified atom stereocenters. The molecule has 4 nitrogen and oxygen atoms in total. The van der Waals surface area contributed by atoms with Crippen molar-refractivity contribution in [2.24, 2.45) is 5.92 Å². The van der Waals surface area contributed by atoms with Crippen molar-refractivity contribution in [1.29, 1.82) is 0 Å². The lowest BCUT2D eigenvalue weighted by Gasteiger charge is -2.20. The number of hydrogen-bond donors (Lipinski definition) is 0. The first-order chi connectivity index (χ1) is 9.84. The maximum absolute atomic E-state index is 11.6. The topological polar surface area (TPSA) is 44.1 Å². The van der Waals surface area contributed by atoms with Crippen molar-refractivity contribution in [1.82, 2.24) is 9.78 Å². The van der Waals surface area contributed by atoms with Gasteiger partial charge >= 0.3 is 5.97 Å². The summed E-state index contributed by atoms with van der Waals surface area (Å²) >= 11 is 0. The number of hydrogen-bond acceptors (Lipinski definition) is 3. The molecule has 2 rings (SSSR count). The molecule has 0 saturated heterocycles. The predicted molar refractivity (Wildman–Crippen MR) is 78.2 cm³/mol. The molecule has 0 aliphatic heterocycles. The van der Waals surface area contributed by atoms with E-state index in [0.29, 0.717) is 13.0 Å². The van der Waals surface area contributed by atoms with E-state index in [9.17, 15) is 4.79 Å². The molecule has 0 N–H and O–H groups in total. The van der Waals surface area contributed by atoms with Crippen LogP contribution in [0.1, 0.15) is 57.8 Å². The van der Waals surface area contributed by atoms with Crippen LogP contribution in [0.4, 0.5) is 0 Å². The Kier molecular flexibility index (Phi) is 6.61. The fourth-order valence-corrected chi connectivity index (χ4v) is 2.93. The Morgan fingerprint density at radius 3 is 2.85 bits per heavy atom. The molecule has 1 saturated carbocycles. The molecular weight excluding hydrogens is 252 g/mol. The van der Waals surface area contributed by atoms with Crippen molar-refractivity contribution < 1.29 is 9.53 Å². The number of aromatic nitrogens is 2. The largest absolute Gasteiger partial charge is 0.466 e. The number of rotatable bonds is 8. The van der Waals surface area contributed by atoms with Crippen LogP contribution >= 0.6 is 0 Å². The van der Waals surface area contributed by atoms with Crippen LogP contribution in [0.3, 0.4) is 0 Å². The zero-order valence-electron chi connectivity index (χ0n) is 12.3. The molecule has 0 bridgehead atoms. The normalized spacial score (nSPS) is 16.2. The fraction of sp³-hybridized carbons (Fsp3) is 0.750. The molecular formula is C16H26N2O2. The number of esters is 1. The van der Waals surface area contributed by atoms with Crippen molar-refractivity contribution >= 4 is 5.97 Å². The standard InChI is InChI=1S/C16H26N2O2/c19-16(10-4-9-15-7-2-1-3-8-15)20-14-6-13-18-12-5-11-17-18/h5,11-12,15H,1-4,6-10,13-14H2. The van der Waals surface area contributed by atoms with E-state index in [-0.39, 0.29) is 5.97 Å². The average molecular weight is 278 g/mol. The van der Waals surface area contributed by atoms with Crippen LogP contribution in [0, 0.1) is 5.92 Å². The smallest absolute Gasteiger partial charge is 0.305 e. The summed E-state index contributed by atoms with van der Waals surface area (Å²) in [6.45, 7) is 1.31. The molecule has 1 aromatic heterocycles. The maximum Gasteiger partial charge on any atom is 0.305 e. The second-order valence-corrected chi connectivity index (χ2v) is 5.74. The van der Waals surface area contributed by atoms with E-state index in [1.807, 2.05) is 16.9 Å². The molecule has 112 valence electrons. The van der Waals surface area contributed by atoms with Crippen molar-refractivity contribution in [2.75, 3.05) is 6.61 Å². The molecule has 0 aromatic carbocycles. The van der Waals surface area contributed by atoms with E-state index >= 15 is 0 Å². The Labute approximate surface area is 121 Å². The Hall–Kier alpha value is -1.32. The Morgan fingerprint density at radius 2 is 2.10 bits per heavy atom. The SMILES string of the molecule is O=C(CCCC1CCCCC1)OCCCn1cccn1. The number of aryl methyl sites for hydroxylation is 1. The van der Waals surface area contributed by atoms with Gasteiger partial charge < -0.3 is 4.74 Å². The van der Waals surface area contributed by atoms with Gasteiger partial charge in [0.25, 0.3) is 0 Å². The third-order valence-electron chi connectivity index (χ3n) is 4.07. The van der Waals surface area contributed by atoms with Crippen molar-refractivity contribution in [3.8, 4) is 0 Å². The van der Waals surface area contributed by atoms with Crippen LogP contribution in [0.5, 0.6) is 0 Å². The average Bonchev–Trinajstić information content (AvgIpc) is 2.98. The van der Waals surface area contributed by atoms with Crippen LogP contribution < -0.4 is 0 Å². The summed E-state index contributed by atoms with van der Waals surface area (Å²) in [6.07, 6.45) is 14.2. The summed E-state index contributed by atoms with van der Waals surface area (Å²) in [7, 11) is 0. The van der Waals surface area contributed by atoms with E-state index in [4.69, 9.17) is 4.74 Å². The number of ether oxygens (including phenoxy) is 1. The zero-order chi connectivity index (χ0) is 14.0. The summed E-state index contributed by atoms with van der Waals surface area (Å²) in [5, 5.41) is 4.11. The predicted octanol–water partition coefficient (Wildman–Crippen LogP) is 3.57. The Balaban J connectivity index is 1.45. The second-order valence-electron chi connectivity index (χ2n) is 5.74. The highest BCUT2D eigenvalue weighted by Crippen LogP contribution is 2.27. The van der Waals surface area contributed by atoms with Gasteiger partial charge in [-0.3, -0.25) is 9.48 Å². The molecule has 1 aliphatic rings. The van der Waals surface area contributed by atoms with E-state index in [1.165, 1.54) is 38.5 Å². The first-order valence-electron chi connectivity index (χ1n) is 7.97. The molecule has 0 radical (unpaired) electrons. The van der Waals surface area contributed by atoms with E-state index < -0.39 is 0 Å². The van der Waals surface area contributed by atoms with E-state index in [0.717, 1.165) is 25.3 Å². The highest BCUT2D eigenvalue weighted by atomic mass is 16.5. The van der Waals surface area contributed by atoms with Gasteiger partial charge in [0.1, 0.15) is 0 Å². The molecule has 1 heterocycles. The first kappa shape index (κ1) is 15.1. The van der Waals surface area contributed by atoms with Crippen molar-refractivity contribution in [2.45, 2.75) is 64.3 Å². The number of carbonyl (C=O) groups is 1. The molecule has 0 spiro atoms. The van der Waals surface area contributed by atoms with Gasteiger partial charge in [-0.25, -0.2) is 0 Å². The molecule has 20 heavy (non-hydrogen) atoms. The molecule has 1 aromatic rings. The molecule has 0 atom stereocenters. The Bertz CT molecular complexity index is 370. The van der Waals surface area contributed by atoms with Gasteiger partial charge in [-0.1, -0.05) is 32.1 Å². The summed E-state index contributed by atoms with van der Waals surface area (Å²) in [4.78, 5) is 11.6. The van der Waals surface area contributed by atoms with Crippen molar-refractivity contribution in [3.05, 3.63) is 18.5 Å². The van der Waals surface area contributed by atoms with Crippen LogP contribution in [0.25, 0.3) is 0 Å². The minimum Gasteiger partial charge on any atom is -0.466 e. The number of carbonyl (C=O) groups excluding carboxylic acids is 1. The van der Waals surface area contributed by atoms with Crippen LogP contribution in [-0.4, -0.2) is 22.4 Å². The van der Waals surface area contributed by atoms with E-state index in [2.05, 4.69) is 5.10 Å². The highest BCUT2D eigenvalue weighted by Gasteiger charge is 2.13. The summed E-state index contributed by atoms with van der Waals surface area (Å²) < 4.78 is 7.11. The van der Waals surface area contributed by atoms with Crippen molar-refractivity contribution in [3.63, 3.8) is 0 Å². The fourth-order valence-electron chi connectivity index (χ4n) is 2.93. The first-order valence-corrected chi connectivity index (χ1v) is 7.97. The van der Waals surface area contributed by atoms with Gasteiger partial charge in [0.2, 0.25) is 0 Å². The maximum atomic E-state index is 11.6. The lowest BCUT2D eigenvalue weighted by atomic mass is 9.86. The summed E-state index contributed by atoms with van der Waals surface area (Å²) in [5.41, 5.74) is 0. The molecule has 1 fully saturated rings.